The smallest absolute Gasteiger partial charge is 0.136 e. The van der Waals surface area contributed by atoms with Crippen LogP contribution in [0, 0.1) is 0 Å². The van der Waals surface area contributed by atoms with Gasteiger partial charge in [0, 0.05) is 23.2 Å². The lowest BCUT2D eigenvalue weighted by atomic mass is 10.1. The Labute approximate surface area is 118 Å². The highest BCUT2D eigenvalue weighted by molar-refractivity contribution is 6.03. The summed E-state index contributed by atoms with van der Waals surface area (Å²) >= 11 is 0. The number of furan rings is 1. The maximum atomic E-state index is 5.94. The van der Waals surface area contributed by atoms with Crippen molar-refractivity contribution >= 4 is 21.9 Å². The van der Waals surface area contributed by atoms with Crippen LogP contribution in [-0.2, 0) is 13.0 Å². The summed E-state index contributed by atoms with van der Waals surface area (Å²) in [5.74, 6) is 1.06. The lowest BCUT2D eigenvalue weighted by molar-refractivity contribution is 0.536. The monoisotopic (exact) mass is 271 g/mol. The summed E-state index contributed by atoms with van der Waals surface area (Å²) in [6.45, 7) is 4.91. The highest BCUT2D eigenvalue weighted by Gasteiger charge is 2.12. The van der Waals surface area contributed by atoms with E-state index in [1.165, 1.54) is 6.42 Å². The van der Waals surface area contributed by atoms with Crippen molar-refractivity contribution in [2.75, 3.05) is 0 Å². The van der Waals surface area contributed by atoms with Crippen LogP contribution in [-0.4, -0.2) is 15.8 Å². The summed E-state index contributed by atoms with van der Waals surface area (Å²) in [5, 5.41) is 6.74. The van der Waals surface area contributed by atoms with Gasteiger partial charge in [-0.1, -0.05) is 13.3 Å². The molecule has 2 N–H and O–H groups in total. The summed E-state index contributed by atoms with van der Waals surface area (Å²) in [6, 6.07) is 6.34. The third-order valence-corrected chi connectivity index (χ3v) is 3.59. The zero-order valence-corrected chi connectivity index (χ0v) is 12.1. The molecule has 0 spiro atoms. The van der Waals surface area contributed by atoms with Crippen LogP contribution in [0.15, 0.2) is 28.8 Å². The first-order chi connectivity index (χ1) is 9.69. The van der Waals surface area contributed by atoms with Crippen LogP contribution in [0.25, 0.3) is 21.9 Å². The number of nitrogens with zero attached hydrogens (tertiary/aromatic N) is 2. The van der Waals surface area contributed by atoms with Crippen LogP contribution in [0.5, 0.6) is 0 Å². The highest BCUT2D eigenvalue weighted by atomic mass is 16.3. The fourth-order valence-corrected chi connectivity index (χ4v) is 2.63. The fraction of sp³-hybridized carbons (Fsp3) is 0.438. The summed E-state index contributed by atoms with van der Waals surface area (Å²) in [7, 11) is 0. The van der Waals surface area contributed by atoms with Crippen molar-refractivity contribution in [1.29, 1.82) is 0 Å². The largest absolute Gasteiger partial charge is 0.461 e. The Balaban J connectivity index is 2.12. The molecule has 2 heterocycles. The molecule has 0 radical (unpaired) electrons. The predicted molar refractivity (Wildman–Crippen MR) is 81.8 cm³/mol. The third-order valence-electron chi connectivity index (χ3n) is 3.59. The number of hydrogen-bond acceptors (Lipinski definition) is 3. The van der Waals surface area contributed by atoms with Crippen LogP contribution >= 0.6 is 0 Å². The molecule has 0 fully saturated rings. The molecule has 4 heteroatoms. The van der Waals surface area contributed by atoms with Crippen molar-refractivity contribution < 1.29 is 4.42 Å². The zero-order chi connectivity index (χ0) is 14.1. The van der Waals surface area contributed by atoms with Gasteiger partial charge in [-0.05, 0) is 31.5 Å². The Morgan fingerprint density at radius 1 is 1.40 bits per heavy atom. The SMILES string of the molecule is CCCCc1cc2c(ccc3cnn(C[C@H](C)N)c32)o1. The van der Waals surface area contributed by atoms with Crippen LogP contribution in [0.2, 0.25) is 0 Å². The van der Waals surface area contributed by atoms with E-state index in [2.05, 4.69) is 24.2 Å². The molecule has 0 aliphatic heterocycles. The molecule has 3 aromatic rings. The summed E-state index contributed by atoms with van der Waals surface area (Å²) in [4.78, 5) is 0. The molecule has 106 valence electrons. The van der Waals surface area contributed by atoms with Gasteiger partial charge < -0.3 is 10.2 Å². The van der Waals surface area contributed by atoms with Crippen molar-refractivity contribution in [3.8, 4) is 0 Å². The zero-order valence-electron chi connectivity index (χ0n) is 12.1. The summed E-state index contributed by atoms with van der Waals surface area (Å²) < 4.78 is 7.92. The second kappa shape index (κ2) is 5.29. The lowest BCUT2D eigenvalue weighted by Gasteiger charge is -2.06. The Kier molecular flexibility index (Phi) is 3.49. The quantitative estimate of drug-likeness (QED) is 0.773. The normalized spacial score (nSPS) is 13.3. The molecule has 2 aromatic heterocycles. The van der Waals surface area contributed by atoms with E-state index in [1.54, 1.807) is 0 Å². The number of unbranched alkanes of at least 4 members (excludes halogenated alkanes) is 1. The molecule has 0 saturated carbocycles. The van der Waals surface area contributed by atoms with E-state index in [1.807, 2.05) is 23.9 Å². The van der Waals surface area contributed by atoms with Gasteiger partial charge in [0.15, 0.2) is 0 Å². The summed E-state index contributed by atoms with van der Waals surface area (Å²) in [5.41, 5.74) is 7.98. The minimum absolute atomic E-state index is 0.0832. The Morgan fingerprint density at radius 2 is 2.25 bits per heavy atom. The standard InChI is InChI=1S/C16H21N3O/c1-3-4-5-13-8-14-15(20-13)7-6-12-9-18-19(16(12)14)10-11(2)17/h6-9,11H,3-5,10,17H2,1-2H3/t11-/m0/s1. The molecule has 1 aromatic carbocycles. The van der Waals surface area contributed by atoms with Crippen molar-refractivity contribution in [1.82, 2.24) is 9.78 Å². The first-order valence-electron chi connectivity index (χ1n) is 7.31. The molecular formula is C16H21N3O. The Bertz CT molecular complexity index is 724. The lowest BCUT2D eigenvalue weighted by Crippen LogP contribution is -2.22. The molecule has 1 atom stereocenters. The molecule has 0 saturated heterocycles. The molecule has 4 nitrogen and oxygen atoms in total. The van der Waals surface area contributed by atoms with Gasteiger partial charge in [-0.2, -0.15) is 5.10 Å². The molecule has 3 rings (SSSR count). The van der Waals surface area contributed by atoms with E-state index in [9.17, 15) is 0 Å². The van der Waals surface area contributed by atoms with Gasteiger partial charge in [-0.3, -0.25) is 4.68 Å². The van der Waals surface area contributed by atoms with Gasteiger partial charge >= 0.3 is 0 Å². The van der Waals surface area contributed by atoms with Gasteiger partial charge in [0.2, 0.25) is 0 Å². The highest BCUT2D eigenvalue weighted by Crippen LogP contribution is 2.29. The maximum absolute atomic E-state index is 5.94. The van der Waals surface area contributed by atoms with Crippen molar-refractivity contribution in [3.05, 3.63) is 30.2 Å². The maximum Gasteiger partial charge on any atom is 0.136 e. The van der Waals surface area contributed by atoms with Crippen LogP contribution in [0.4, 0.5) is 0 Å². The Hall–Kier alpha value is -1.81. The predicted octanol–water partition coefficient (Wildman–Crippen LogP) is 3.47. The number of rotatable bonds is 5. The number of hydrogen-bond donors (Lipinski definition) is 1. The van der Waals surface area contributed by atoms with Gasteiger partial charge in [-0.25, -0.2) is 0 Å². The average molecular weight is 271 g/mol. The van der Waals surface area contributed by atoms with E-state index in [0.29, 0.717) is 0 Å². The second-order valence-corrected chi connectivity index (χ2v) is 5.54. The van der Waals surface area contributed by atoms with Crippen LogP contribution in [0.1, 0.15) is 32.4 Å². The van der Waals surface area contributed by atoms with Crippen LogP contribution < -0.4 is 5.73 Å². The van der Waals surface area contributed by atoms with Gasteiger partial charge in [0.05, 0.1) is 18.3 Å². The summed E-state index contributed by atoms with van der Waals surface area (Å²) in [6.07, 6.45) is 5.22. The van der Waals surface area contributed by atoms with E-state index in [4.69, 9.17) is 10.2 Å². The molecule has 20 heavy (non-hydrogen) atoms. The first-order valence-corrected chi connectivity index (χ1v) is 7.31. The fourth-order valence-electron chi connectivity index (χ4n) is 2.63. The molecule has 0 bridgehead atoms. The van der Waals surface area contributed by atoms with Crippen molar-refractivity contribution in [2.24, 2.45) is 5.73 Å². The number of benzene rings is 1. The molecule has 0 aliphatic carbocycles. The van der Waals surface area contributed by atoms with E-state index in [-0.39, 0.29) is 6.04 Å². The van der Waals surface area contributed by atoms with E-state index < -0.39 is 0 Å². The average Bonchev–Trinajstić information content (AvgIpc) is 2.99. The van der Waals surface area contributed by atoms with Crippen LogP contribution in [0.3, 0.4) is 0 Å². The molecule has 0 amide bonds. The molecule has 0 aliphatic rings. The number of aryl methyl sites for hydroxylation is 1. The van der Waals surface area contributed by atoms with E-state index >= 15 is 0 Å². The third kappa shape index (κ3) is 2.31. The Morgan fingerprint density at radius 3 is 3.00 bits per heavy atom. The van der Waals surface area contributed by atoms with E-state index in [0.717, 1.165) is 47.0 Å². The minimum Gasteiger partial charge on any atom is -0.461 e. The van der Waals surface area contributed by atoms with Gasteiger partial charge in [0.1, 0.15) is 11.3 Å². The molecular weight excluding hydrogens is 250 g/mol. The van der Waals surface area contributed by atoms with Crippen molar-refractivity contribution in [2.45, 2.75) is 45.7 Å². The number of aromatic nitrogens is 2. The van der Waals surface area contributed by atoms with Gasteiger partial charge in [-0.15, -0.1) is 0 Å². The topological polar surface area (TPSA) is 57.0 Å². The first kappa shape index (κ1) is 13.2. The minimum atomic E-state index is 0.0832. The van der Waals surface area contributed by atoms with Gasteiger partial charge in [0.25, 0.3) is 0 Å². The molecule has 0 unspecified atom stereocenters. The van der Waals surface area contributed by atoms with Crippen molar-refractivity contribution in [3.63, 3.8) is 0 Å². The second-order valence-electron chi connectivity index (χ2n) is 5.54. The number of nitrogens with two attached hydrogens (primary N) is 1. The number of fused-ring (bicyclic) bond motifs is 3.